The van der Waals surface area contributed by atoms with Crippen LogP contribution >= 0.6 is 0 Å². The molecule has 2 rings (SSSR count). The number of ether oxygens (including phenoxy) is 1. The molecule has 3 nitrogen and oxygen atoms in total. The van der Waals surface area contributed by atoms with Crippen molar-refractivity contribution >= 4 is 22.3 Å². The van der Waals surface area contributed by atoms with Crippen molar-refractivity contribution in [3.63, 3.8) is 0 Å². The SMILES string of the molecule is COC(=O)/C=C(\C)c1ccc2ccccc2c1O. The number of phenolic OH excluding ortho intramolecular Hbond substituents is 1. The summed E-state index contributed by atoms with van der Waals surface area (Å²) >= 11 is 0. The molecule has 0 aromatic heterocycles. The lowest BCUT2D eigenvalue weighted by atomic mass is 10.0. The molecule has 18 heavy (non-hydrogen) atoms. The van der Waals surface area contributed by atoms with Crippen LogP contribution in [0.3, 0.4) is 0 Å². The number of benzene rings is 2. The first-order chi connectivity index (χ1) is 8.63. The van der Waals surface area contributed by atoms with E-state index in [0.717, 1.165) is 10.8 Å². The highest BCUT2D eigenvalue weighted by Crippen LogP contribution is 2.32. The van der Waals surface area contributed by atoms with Crippen molar-refractivity contribution in [3.05, 3.63) is 48.0 Å². The third-order valence-electron chi connectivity index (χ3n) is 2.86. The molecule has 0 fully saturated rings. The number of aromatic hydroxyl groups is 1. The summed E-state index contributed by atoms with van der Waals surface area (Å²) in [4.78, 5) is 11.2. The van der Waals surface area contributed by atoms with Gasteiger partial charge in [-0.05, 0) is 17.9 Å². The molecule has 0 spiro atoms. The van der Waals surface area contributed by atoms with E-state index in [4.69, 9.17) is 0 Å². The average Bonchev–Trinajstić information content (AvgIpc) is 2.39. The second-order valence-corrected chi connectivity index (χ2v) is 4.03. The number of allylic oxidation sites excluding steroid dienone is 1. The fraction of sp³-hybridized carbons (Fsp3) is 0.133. The lowest BCUT2D eigenvalue weighted by Crippen LogP contribution is -1.96. The lowest BCUT2D eigenvalue weighted by Gasteiger charge is -2.08. The number of rotatable bonds is 2. The summed E-state index contributed by atoms with van der Waals surface area (Å²) in [6.07, 6.45) is 1.36. The van der Waals surface area contributed by atoms with Gasteiger partial charge in [-0.1, -0.05) is 36.4 Å². The standard InChI is InChI=1S/C15H14O3/c1-10(9-14(16)18-2)12-8-7-11-5-3-4-6-13(11)15(12)17/h3-9,17H,1-2H3/b10-9+. The summed E-state index contributed by atoms with van der Waals surface area (Å²) in [5.74, 6) is -0.245. The molecule has 0 saturated heterocycles. The minimum absolute atomic E-state index is 0.186. The summed E-state index contributed by atoms with van der Waals surface area (Å²) in [7, 11) is 1.33. The van der Waals surface area contributed by atoms with Crippen LogP contribution in [0, 0.1) is 0 Å². The molecular weight excluding hydrogens is 228 g/mol. The highest BCUT2D eigenvalue weighted by atomic mass is 16.5. The first-order valence-electron chi connectivity index (χ1n) is 5.61. The Hall–Kier alpha value is -2.29. The van der Waals surface area contributed by atoms with Gasteiger partial charge in [0.2, 0.25) is 0 Å². The van der Waals surface area contributed by atoms with Crippen LogP contribution in [0.25, 0.3) is 16.3 Å². The van der Waals surface area contributed by atoms with E-state index in [1.807, 2.05) is 30.3 Å². The molecule has 0 radical (unpaired) electrons. The molecule has 0 aliphatic carbocycles. The van der Waals surface area contributed by atoms with Gasteiger partial charge < -0.3 is 9.84 Å². The van der Waals surface area contributed by atoms with Gasteiger partial charge in [-0.25, -0.2) is 4.79 Å². The van der Waals surface area contributed by atoms with Gasteiger partial charge in [-0.3, -0.25) is 0 Å². The zero-order valence-corrected chi connectivity index (χ0v) is 10.3. The van der Waals surface area contributed by atoms with Crippen LogP contribution in [0.1, 0.15) is 12.5 Å². The van der Waals surface area contributed by atoms with Gasteiger partial charge in [0.1, 0.15) is 5.75 Å². The molecule has 0 aliphatic rings. The quantitative estimate of drug-likeness (QED) is 0.650. The summed E-state index contributed by atoms with van der Waals surface area (Å²) in [5, 5.41) is 11.9. The van der Waals surface area contributed by atoms with Crippen LogP contribution in [0.5, 0.6) is 5.75 Å². The van der Waals surface area contributed by atoms with Crippen LogP contribution in [-0.4, -0.2) is 18.2 Å². The Morgan fingerprint density at radius 3 is 2.67 bits per heavy atom. The van der Waals surface area contributed by atoms with Crippen LogP contribution in [-0.2, 0) is 9.53 Å². The van der Waals surface area contributed by atoms with Gasteiger partial charge in [0, 0.05) is 17.0 Å². The van der Waals surface area contributed by atoms with E-state index < -0.39 is 5.97 Å². The monoisotopic (exact) mass is 242 g/mol. The minimum atomic E-state index is -0.431. The van der Waals surface area contributed by atoms with Crippen molar-refractivity contribution in [2.75, 3.05) is 7.11 Å². The predicted octanol–water partition coefficient (Wildman–Crippen LogP) is 3.12. The van der Waals surface area contributed by atoms with E-state index in [1.54, 1.807) is 13.0 Å². The molecule has 0 bridgehead atoms. The number of hydrogen-bond acceptors (Lipinski definition) is 3. The third kappa shape index (κ3) is 2.20. The number of carbonyl (C=O) groups is 1. The molecule has 2 aromatic rings. The Bertz CT molecular complexity index is 627. The van der Waals surface area contributed by atoms with Gasteiger partial charge in [0.15, 0.2) is 0 Å². The largest absolute Gasteiger partial charge is 0.507 e. The van der Waals surface area contributed by atoms with E-state index in [-0.39, 0.29) is 5.75 Å². The second-order valence-electron chi connectivity index (χ2n) is 4.03. The van der Waals surface area contributed by atoms with Crippen LogP contribution in [0.4, 0.5) is 0 Å². The lowest BCUT2D eigenvalue weighted by molar-refractivity contribution is -0.134. The van der Waals surface area contributed by atoms with Crippen LogP contribution in [0.15, 0.2) is 42.5 Å². The molecule has 92 valence electrons. The van der Waals surface area contributed by atoms with Gasteiger partial charge >= 0.3 is 5.97 Å². The fourth-order valence-corrected chi connectivity index (χ4v) is 1.89. The Kier molecular flexibility index (Phi) is 3.33. The zero-order chi connectivity index (χ0) is 13.1. The molecule has 0 unspecified atom stereocenters. The van der Waals surface area contributed by atoms with Crippen LogP contribution in [0.2, 0.25) is 0 Å². The number of methoxy groups -OCH3 is 1. The maximum atomic E-state index is 11.2. The molecular formula is C15H14O3. The Morgan fingerprint density at radius 1 is 1.22 bits per heavy atom. The van der Waals surface area contributed by atoms with Gasteiger partial charge in [-0.15, -0.1) is 0 Å². The van der Waals surface area contributed by atoms with Crippen molar-refractivity contribution in [1.82, 2.24) is 0 Å². The van der Waals surface area contributed by atoms with Crippen molar-refractivity contribution in [2.45, 2.75) is 6.92 Å². The van der Waals surface area contributed by atoms with E-state index >= 15 is 0 Å². The fourth-order valence-electron chi connectivity index (χ4n) is 1.89. The van der Waals surface area contributed by atoms with Crippen LogP contribution < -0.4 is 0 Å². The minimum Gasteiger partial charge on any atom is -0.507 e. The Balaban J connectivity index is 2.56. The molecule has 1 N–H and O–H groups in total. The number of carbonyl (C=O) groups excluding carboxylic acids is 1. The number of esters is 1. The molecule has 0 atom stereocenters. The van der Waals surface area contributed by atoms with Gasteiger partial charge in [-0.2, -0.15) is 0 Å². The predicted molar refractivity (Wildman–Crippen MR) is 71.3 cm³/mol. The summed E-state index contributed by atoms with van der Waals surface area (Å²) in [6, 6.07) is 11.3. The molecule has 2 aromatic carbocycles. The van der Waals surface area contributed by atoms with Gasteiger partial charge in [0.05, 0.1) is 7.11 Å². The van der Waals surface area contributed by atoms with Gasteiger partial charge in [0.25, 0.3) is 0 Å². The third-order valence-corrected chi connectivity index (χ3v) is 2.86. The van der Waals surface area contributed by atoms with Crippen molar-refractivity contribution in [1.29, 1.82) is 0 Å². The topological polar surface area (TPSA) is 46.5 Å². The van der Waals surface area contributed by atoms with E-state index in [9.17, 15) is 9.90 Å². The molecule has 0 saturated carbocycles. The van der Waals surface area contributed by atoms with Crippen molar-refractivity contribution in [2.24, 2.45) is 0 Å². The highest BCUT2D eigenvalue weighted by molar-refractivity contribution is 5.97. The smallest absolute Gasteiger partial charge is 0.330 e. The molecule has 3 heteroatoms. The van der Waals surface area contributed by atoms with E-state index in [1.165, 1.54) is 13.2 Å². The van der Waals surface area contributed by atoms with Crippen molar-refractivity contribution in [3.8, 4) is 5.75 Å². The highest BCUT2D eigenvalue weighted by Gasteiger charge is 2.08. The molecule has 0 aliphatic heterocycles. The Morgan fingerprint density at radius 2 is 1.94 bits per heavy atom. The summed E-state index contributed by atoms with van der Waals surface area (Å²) in [6.45, 7) is 1.76. The number of hydrogen-bond donors (Lipinski definition) is 1. The molecule has 0 heterocycles. The number of fused-ring (bicyclic) bond motifs is 1. The Labute approximate surface area is 105 Å². The second kappa shape index (κ2) is 4.92. The first-order valence-corrected chi connectivity index (χ1v) is 5.61. The van der Waals surface area contributed by atoms with Crippen molar-refractivity contribution < 1.29 is 14.6 Å². The summed E-state index contributed by atoms with van der Waals surface area (Å²) in [5.41, 5.74) is 1.31. The first kappa shape index (κ1) is 12.2. The zero-order valence-electron chi connectivity index (χ0n) is 10.3. The maximum Gasteiger partial charge on any atom is 0.330 e. The normalized spacial score (nSPS) is 11.6. The summed E-state index contributed by atoms with van der Waals surface area (Å²) < 4.78 is 4.57. The van der Waals surface area contributed by atoms with E-state index in [2.05, 4.69) is 4.74 Å². The maximum absolute atomic E-state index is 11.2. The number of phenols is 1. The molecule has 0 amide bonds. The average molecular weight is 242 g/mol. The van der Waals surface area contributed by atoms with E-state index in [0.29, 0.717) is 11.1 Å².